The molecule has 2 fully saturated rings. The quantitative estimate of drug-likeness (QED) is 0.915. The van der Waals surface area contributed by atoms with Crippen LogP contribution < -0.4 is 5.32 Å². The van der Waals surface area contributed by atoms with Crippen LogP contribution in [0.25, 0.3) is 0 Å². The van der Waals surface area contributed by atoms with E-state index in [-0.39, 0.29) is 11.8 Å². The van der Waals surface area contributed by atoms with Crippen LogP contribution in [0.1, 0.15) is 61.1 Å². The average molecular weight is 304 g/mol. The molecule has 1 atom stereocenters. The second-order valence-electron chi connectivity index (χ2n) is 6.43. The summed E-state index contributed by atoms with van der Waals surface area (Å²) >= 11 is 0. The smallest absolute Gasteiger partial charge is 0.270 e. The van der Waals surface area contributed by atoms with E-state index in [9.17, 15) is 9.59 Å². The summed E-state index contributed by atoms with van der Waals surface area (Å²) in [6.45, 7) is 3.36. The lowest BCUT2D eigenvalue weighted by Crippen LogP contribution is -2.48. The minimum absolute atomic E-state index is 0.0117. The summed E-state index contributed by atoms with van der Waals surface area (Å²) < 4.78 is 1.61. The Morgan fingerprint density at radius 2 is 1.95 bits per heavy atom. The van der Waals surface area contributed by atoms with Crippen LogP contribution in [-0.4, -0.2) is 45.6 Å². The molecule has 0 aromatic carbocycles. The molecule has 1 unspecified atom stereocenters. The van der Waals surface area contributed by atoms with Crippen molar-refractivity contribution in [2.24, 2.45) is 7.05 Å². The molecule has 1 aliphatic heterocycles. The van der Waals surface area contributed by atoms with Gasteiger partial charge in [0.15, 0.2) is 0 Å². The van der Waals surface area contributed by atoms with E-state index in [1.54, 1.807) is 18.7 Å². The van der Waals surface area contributed by atoms with Crippen LogP contribution in [-0.2, 0) is 11.8 Å². The second-order valence-corrected chi connectivity index (χ2v) is 6.43. The molecular weight excluding hydrogens is 280 g/mol. The van der Waals surface area contributed by atoms with Crippen molar-refractivity contribution in [3.63, 3.8) is 0 Å². The molecule has 2 heterocycles. The number of carbonyl (C=O) groups excluding carboxylic acids is 2. The Bertz CT molecular complexity index is 571. The van der Waals surface area contributed by atoms with Crippen LogP contribution in [0.4, 0.5) is 0 Å². The lowest BCUT2D eigenvalue weighted by Gasteiger charge is -2.29. The second kappa shape index (κ2) is 6.10. The van der Waals surface area contributed by atoms with Crippen LogP contribution in [0.5, 0.6) is 0 Å². The third-order valence-electron chi connectivity index (χ3n) is 4.51. The van der Waals surface area contributed by atoms with Crippen LogP contribution >= 0.6 is 0 Å². The van der Waals surface area contributed by atoms with Gasteiger partial charge in [-0.05, 0) is 45.1 Å². The summed E-state index contributed by atoms with van der Waals surface area (Å²) in [6, 6.07) is 1.36. The minimum atomic E-state index is -0.495. The third-order valence-corrected chi connectivity index (χ3v) is 4.51. The van der Waals surface area contributed by atoms with Gasteiger partial charge in [0.25, 0.3) is 5.91 Å². The van der Waals surface area contributed by atoms with Gasteiger partial charge < -0.3 is 10.2 Å². The number of piperidine rings is 1. The molecule has 6 heteroatoms. The SMILES string of the molecule is CC(NC(=O)c1cc(C2CC2)nn1C)C(=O)N1CCCCC1. The first-order valence-corrected chi connectivity index (χ1v) is 8.20. The number of carbonyl (C=O) groups is 2. The maximum atomic E-state index is 12.4. The van der Waals surface area contributed by atoms with Gasteiger partial charge in [0.1, 0.15) is 11.7 Å². The zero-order valence-corrected chi connectivity index (χ0v) is 13.3. The molecule has 0 spiro atoms. The van der Waals surface area contributed by atoms with E-state index in [4.69, 9.17) is 0 Å². The van der Waals surface area contributed by atoms with Crippen molar-refractivity contribution in [2.45, 2.75) is 51.0 Å². The van der Waals surface area contributed by atoms with Crippen LogP contribution in [0, 0.1) is 0 Å². The molecule has 6 nitrogen and oxygen atoms in total. The van der Waals surface area contributed by atoms with Gasteiger partial charge in [0.2, 0.25) is 5.91 Å². The van der Waals surface area contributed by atoms with Crippen LogP contribution in [0.2, 0.25) is 0 Å². The summed E-state index contributed by atoms with van der Waals surface area (Å²) in [4.78, 5) is 26.6. The molecule has 1 aromatic heterocycles. The van der Waals surface area contributed by atoms with Gasteiger partial charge in [0, 0.05) is 26.1 Å². The third kappa shape index (κ3) is 3.15. The summed E-state index contributed by atoms with van der Waals surface area (Å²) in [5.41, 5.74) is 1.52. The van der Waals surface area contributed by atoms with Gasteiger partial charge in [0.05, 0.1) is 5.69 Å². The summed E-state index contributed by atoms with van der Waals surface area (Å²) in [6.07, 6.45) is 5.60. The zero-order chi connectivity index (χ0) is 15.7. The Morgan fingerprint density at radius 3 is 2.59 bits per heavy atom. The van der Waals surface area contributed by atoms with E-state index >= 15 is 0 Å². The van der Waals surface area contributed by atoms with Gasteiger partial charge >= 0.3 is 0 Å². The molecule has 3 rings (SSSR count). The maximum absolute atomic E-state index is 12.4. The van der Waals surface area contributed by atoms with E-state index in [1.165, 1.54) is 6.42 Å². The Labute approximate surface area is 130 Å². The van der Waals surface area contributed by atoms with E-state index in [0.29, 0.717) is 11.6 Å². The zero-order valence-electron chi connectivity index (χ0n) is 13.3. The first-order valence-electron chi connectivity index (χ1n) is 8.20. The number of amides is 2. The highest BCUT2D eigenvalue weighted by Gasteiger charge is 2.29. The number of rotatable bonds is 4. The van der Waals surface area contributed by atoms with Crippen molar-refractivity contribution >= 4 is 11.8 Å². The van der Waals surface area contributed by atoms with Crippen molar-refractivity contribution in [2.75, 3.05) is 13.1 Å². The molecule has 1 aliphatic carbocycles. The number of aromatic nitrogens is 2. The molecule has 2 aliphatic rings. The van der Waals surface area contributed by atoms with Gasteiger partial charge in [-0.3, -0.25) is 14.3 Å². The van der Waals surface area contributed by atoms with E-state index in [1.807, 2.05) is 11.0 Å². The Hall–Kier alpha value is -1.85. The molecule has 1 aromatic rings. The maximum Gasteiger partial charge on any atom is 0.270 e. The van der Waals surface area contributed by atoms with Crippen molar-refractivity contribution in [1.82, 2.24) is 20.0 Å². The van der Waals surface area contributed by atoms with Gasteiger partial charge in [-0.2, -0.15) is 5.10 Å². The summed E-state index contributed by atoms with van der Waals surface area (Å²) in [5, 5.41) is 7.21. The lowest BCUT2D eigenvalue weighted by molar-refractivity contribution is -0.133. The monoisotopic (exact) mass is 304 g/mol. The Morgan fingerprint density at radius 1 is 1.27 bits per heavy atom. The molecule has 2 amide bonds. The number of likely N-dealkylation sites (tertiary alicyclic amines) is 1. The fraction of sp³-hybridized carbons (Fsp3) is 0.688. The highest BCUT2D eigenvalue weighted by atomic mass is 16.2. The van der Waals surface area contributed by atoms with Crippen LogP contribution in [0.3, 0.4) is 0 Å². The first-order chi connectivity index (χ1) is 10.6. The fourth-order valence-corrected chi connectivity index (χ4v) is 3.00. The topological polar surface area (TPSA) is 67.2 Å². The fourth-order valence-electron chi connectivity index (χ4n) is 3.00. The van der Waals surface area contributed by atoms with Crippen molar-refractivity contribution < 1.29 is 9.59 Å². The van der Waals surface area contributed by atoms with Gasteiger partial charge in [-0.1, -0.05) is 0 Å². The molecule has 22 heavy (non-hydrogen) atoms. The van der Waals surface area contributed by atoms with Gasteiger partial charge in [-0.15, -0.1) is 0 Å². The molecular formula is C16H24N4O2. The molecule has 120 valence electrons. The summed E-state index contributed by atoms with van der Waals surface area (Å²) in [7, 11) is 1.78. The van der Waals surface area contributed by atoms with E-state index < -0.39 is 6.04 Å². The number of hydrogen-bond donors (Lipinski definition) is 1. The summed E-state index contributed by atoms with van der Waals surface area (Å²) in [5.74, 6) is 0.303. The van der Waals surface area contributed by atoms with E-state index in [2.05, 4.69) is 10.4 Å². The molecule has 0 bridgehead atoms. The number of nitrogens with zero attached hydrogens (tertiary/aromatic N) is 3. The molecule has 1 saturated heterocycles. The normalized spacial score (nSPS) is 19.8. The van der Waals surface area contributed by atoms with Crippen molar-refractivity contribution in [3.05, 3.63) is 17.5 Å². The standard InChI is InChI=1S/C16H24N4O2/c1-11(16(22)20-8-4-3-5-9-20)17-15(21)14-10-13(12-6-7-12)18-19(14)2/h10-12H,3-9H2,1-2H3,(H,17,21). The van der Waals surface area contributed by atoms with Crippen molar-refractivity contribution in [1.29, 1.82) is 0 Å². The lowest BCUT2D eigenvalue weighted by atomic mass is 10.1. The average Bonchev–Trinajstić information content (AvgIpc) is 3.30. The highest BCUT2D eigenvalue weighted by Crippen LogP contribution is 2.39. The number of aryl methyl sites for hydroxylation is 1. The Kier molecular flexibility index (Phi) is 4.18. The highest BCUT2D eigenvalue weighted by molar-refractivity contribution is 5.96. The predicted molar refractivity (Wildman–Crippen MR) is 82.5 cm³/mol. The van der Waals surface area contributed by atoms with Crippen LogP contribution in [0.15, 0.2) is 6.07 Å². The first kappa shape index (κ1) is 15.1. The number of nitrogens with one attached hydrogen (secondary N) is 1. The Balaban J connectivity index is 1.61. The molecule has 1 N–H and O–H groups in total. The molecule has 0 radical (unpaired) electrons. The molecule has 1 saturated carbocycles. The van der Waals surface area contributed by atoms with Gasteiger partial charge in [-0.25, -0.2) is 0 Å². The largest absolute Gasteiger partial charge is 0.341 e. The van der Waals surface area contributed by atoms with E-state index in [0.717, 1.165) is 44.5 Å². The van der Waals surface area contributed by atoms with Crippen molar-refractivity contribution in [3.8, 4) is 0 Å². The minimum Gasteiger partial charge on any atom is -0.341 e. The predicted octanol–water partition coefficient (Wildman–Crippen LogP) is 1.43. The number of hydrogen-bond acceptors (Lipinski definition) is 3.